The maximum atomic E-state index is 12.1. The Labute approximate surface area is 242 Å². The van der Waals surface area contributed by atoms with Crippen LogP contribution in [0.25, 0.3) is 0 Å². The van der Waals surface area contributed by atoms with E-state index >= 15 is 0 Å². The molecule has 39 heavy (non-hydrogen) atoms. The van der Waals surface area contributed by atoms with Crippen molar-refractivity contribution in [1.82, 2.24) is 10.6 Å². The van der Waals surface area contributed by atoms with Gasteiger partial charge in [-0.05, 0) is 25.7 Å². The molecule has 0 saturated heterocycles. The summed E-state index contributed by atoms with van der Waals surface area (Å²) >= 11 is 0. The second-order valence-electron chi connectivity index (χ2n) is 9.78. The number of amides is 2. The smallest absolute Gasteiger partial charge is 0.305 e. The minimum Gasteiger partial charge on any atom is -0.481 e. The van der Waals surface area contributed by atoms with Crippen molar-refractivity contribution in [2.45, 2.75) is 115 Å². The third kappa shape index (κ3) is 25.2. The Balaban J connectivity index is 3.58. The van der Waals surface area contributed by atoms with E-state index in [1.807, 2.05) is 0 Å². The Morgan fingerprint density at radius 1 is 0.641 bits per heavy atom. The summed E-state index contributed by atoms with van der Waals surface area (Å²) in [6.07, 6.45) is 14.8. The average molecular weight is 593 g/mol. The molecule has 0 aliphatic heterocycles. The van der Waals surface area contributed by atoms with E-state index in [1.54, 1.807) is 0 Å². The molecular weight excluding hydrogens is 540 g/mol. The van der Waals surface area contributed by atoms with Crippen LogP contribution in [0.2, 0.25) is 0 Å². The SMILES string of the molecule is COC(=O)CCCCCCCCCNC(=O)C(N)CSSCC(N)C(=O)NCCCCCCCCCC(=O)O. The lowest BCUT2D eigenvalue weighted by molar-refractivity contribution is -0.141. The summed E-state index contributed by atoms with van der Waals surface area (Å²) in [6, 6.07) is -1.20. The van der Waals surface area contributed by atoms with Crippen LogP contribution in [0.4, 0.5) is 0 Å². The molecule has 0 aromatic carbocycles. The molecule has 0 aromatic rings. The van der Waals surface area contributed by atoms with Crippen molar-refractivity contribution < 1.29 is 29.0 Å². The lowest BCUT2D eigenvalue weighted by Gasteiger charge is -2.14. The van der Waals surface area contributed by atoms with E-state index in [9.17, 15) is 19.2 Å². The van der Waals surface area contributed by atoms with Crippen LogP contribution in [0, 0.1) is 0 Å². The van der Waals surface area contributed by atoms with Gasteiger partial charge < -0.3 is 31.9 Å². The molecule has 10 nitrogen and oxygen atoms in total. The summed E-state index contributed by atoms with van der Waals surface area (Å²) in [6.45, 7) is 1.22. The van der Waals surface area contributed by atoms with Gasteiger partial charge in [0.15, 0.2) is 0 Å². The Morgan fingerprint density at radius 2 is 1.00 bits per heavy atom. The van der Waals surface area contributed by atoms with Gasteiger partial charge >= 0.3 is 11.9 Å². The molecule has 0 fully saturated rings. The molecule has 0 rings (SSSR count). The van der Waals surface area contributed by atoms with Crippen LogP contribution >= 0.6 is 21.6 Å². The largest absolute Gasteiger partial charge is 0.481 e. The molecule has 0 saturated carbocycles. The maximum Gasteiger partial charge on any atom is 0.305 e. The topological polar surface area (TPSA) is 174 Å². The second kappa shape index (κ2) is 26.7. The Hall–Kier alpha value is -1.50. The van der Waals surface area contributed by atoms with Crippen LogP contribution in [-0.2, 0) is 23.9 Å². The number of ether oxygens (including phenoxy) is 1. The number of methoxy groups -OCH3 is 1. The third-order valence-electron chi connectivity index (χ3n) is 6.20. The molecule has 0 bridgehead atoms. The van der Waals surface area contributed by atoms with Crippen molar-refractivity contribution in [3.8, 4) is 0 Å². The van der Waals surface area contributed by atoms with E-state index in [4.69, 9.17) is 16.6 Å². The number of hydrogen-bond donors (Lipinski definition) is 5. The Bertz CT molecular complexity index is 672. The molecule has 0 aliphatic rings. The van der Waals surface area contributed by atoms with Gasteiger partial charge in [-0.25, -0.2) is 0 Å². The number of aliphatic carboxylic acids is 1. The van der Waals surface area contributed by atoms with Gasteiger partial charge in [0.05, 0.1) is 19.2 Å². The van der Waals surface area contributed by atoms with Crippen molar-refractivity contribution in [3.63, 3.8) is 0 Å². The summed E-state index contributed by atoms with van der Waals surface area (Å²) in [7, 11) is 4.31. The molecule has 2 amide bonds. The lowest BCUT2D eigenvalue weighted by atomic mass is 10.1. The van der Waals surface area contributed by atoms with Crippen LogP contribution in [0.15, 0.2) is 0 Å². The zero-order valence-corrected chi connectivity index (χ0v) is 25.4. The van der Waals surface area contributed by atoms with Crippen molar-refractivity contribution >= 4 is 45.3 Å². The predicted octanol–water partition coefficient (Wildman–Crippen LogP) is 3.75. The molecular formula is C27H52N4O6S2. The first-order valence-corrected chi connectivity index (χ1v) is 16.9. The van der Waals surface area contributed by atoms with Gasteiger partial charge in [0.1, 0.15) is 0 Å². The van der Waals surface area contributed by atoms with Gasteiger partial charge in [-0.3, -0.25) is 19.2 Å². The number of esters is 1. The number of hydrogen-bond acceptors (Lipinski definition) is 9. The predicted molar refractivity (Wildman–Crippen MR) is 160 cm³/mol. The van der Waals surface area contributed by atoms with Gasteiger partial charge in [-0.15, -0.1) is 0 Å². The van der Waals surface area contributed by atoms with Gasteiger partial charge in [0.2, 0.25) is 11.8 Å². The molecule has 7 N–H and O–H groups in total. The number of nitrogens with two attached hydrogens (primary N) is 2. The van der Waals surface area contributed by atoms with Crippen molar-refractivity contribution in [2.24, 2.45) is 11.5 Å². The second-order valence-corrected chi connectivity index (χ2v) is 12.3. The molecule has 0 aromatic heterocycles. The van der Waals surface area contributed by atoms with Gasteiger partial charge in [-0.1, -0.05) is 85.8 Å². The molecule has 12 heteroatoms. The highest BCUT2D eigenvalue weighted by atomic mass is 33.1. The van der Waals surface area contributed by atoms with Crippen molar-refractivity contribution in [1.29, 1.82) is 0 Å². The highest BCUT2D eigenvalue weighted by Gasteiger charge is 2.16. The summed E-state index contributed by atoms with van der Waals surface area (Å²) in [4.78, 5) is 45.8. The van der Waals surface area contributed by atoms with E-state index in [-0.39, 0.29) is 24.2 Å². The monoisotopic (exact) mass is 592 g/mol. The number of carbonyl (C=O) groups is 4. The minimum absolute atomic E-state index is 0.147. The fourth-order valence-electron chi connectivity index (χ4n) is 3.74. The first-order valence-electron chi connectivity index (χ1n) is 14.4. The quantitative estimate of drug-likeness (QED) is 0.0537. The molecule has 2 atom stereocenters. The number of carbonyl (C=O) groups excluding carboxylic acids is 3. The van der Waals surface area contributed by atoms with E-state index in [2.05, 4.69) is 15.4 Å². The number of carboxylic acid groups (broad SMARTS) is 1. The highest BCUT2D eigenvalue weighted by molar-refractivity contribution is 8.76. The van der Waals surface area contributed by atoms with Crippen molar-refractivity contribution in [3.05, 3.63) is 0 Å². The third-order valence-corrected chi connectivity index (χ3v) is 8.68. The number of nitrogens with one attached hydrogen (secondary N) is 2. The normalized spacial score (nSPS) is 12.5. The average Bonchev–Trinajstić information content (AvgIpc) is 2.92. The minimum atomic E-state index is -0.733. The number of carboxylic acids is 1. The summed E-state index contributed by atoms with van der Waals surface area (Å²) in [5.41, 5.74) is 11.9. The van der Waals surface area contributed by atoms with Crippen LogP contribution < -0.4 is 22.1 Å². The molecule has 0 radical (unpaired) electrons. The fourth-order valence-corrected chi connectivity index (χ4v) is 5.99. The van der Waals surface area contributed by atoms with Gasteiger partial charge in [0.25, 0.3) is 0 Å². The molecule has 2 unspecified atom stereocenters. The zero-order chi connectivity index (χ0) is 29.1. The fraction of sp³-hybridized carbons (Fsp3) is 0.852. The van der Waals surface area contributed by atoms with E-state index < -0.39 is 18.1 Å². The van der Waals surface area contributed by atoms with E-state index in [0.29, 0.717) is 31.0 Å². The lowest BCUT2D eigenvalue weighted by Crippen LogP contribution is -2.43. The molecule has 228 valence electrons. The first-order chi connectivity index (χ1) is 18.8. The van der Waals surface area contributed by atoms with Crippen LogP contribution in [0.3, 0.4) is 0 Å². The van der Waals surface area contributed by atoms with Crippen LogP contribution in [0.5, 0.6) is 0 Å². The number of unbranched alkanes of at least 4 members (excludes halogenated alkanes) is 12. The summed E-state index contributed by atoms with van der Waals surface area (Å²) in [5, 5.41) is 14.4. The molecule has 0 aliphatic carbocycles. The van der Waals surface area contributed by atoms with E-state index in [0.717, 1.165) is 89.9 Å². The number of rotatable bonds is 27. The zero-order valence-electron chi connectivity index (χ0n) is 23.8. The van der Waals surface area contributed by atoms with Gasteiger partial charge in [-0.2, -0.15) is 0 Å². The van der Waals surface area contributed by atoms with Crippen LogP contribution in [-0.4, -0.2) is 72.6 Å². The first kappa shape index (κ1) is 37.5. The van der Waals surface area contributed by atoms with Gasteiger partial charge in [0, 0.05) is 37.4 Å². The molecule has 0 heterocycles. The summed E-state index contributed by atoms with van der Waals surface area (Å²) < 4.78 is 4.62. The van der Waals surface area contributed by atoms with E-state index in [1.165, 1.54) is 28.7 Å². The van der Waals surface area contributed by atoms with Crippen LogP contribution in [0.1, 0.15) is 103 Å². The molecule has 0 spiro atoms. The van der Waals surface area contributed by atoms with Crippen molar-refractivity contribution in [2.75, 3.05) is 31.7 Å². The Kier molecular flexibility index (Phi) is 25.7. The Morgan fingerprint density at radius 3 is 1.38 bits per heavy atom. The standard InChI is InChI=1S/C27H52N4O6S2/c1-37-25(34)17-13-9-5-3-7-11-15-19-31-27(36)23(29)21-39-38-20-22(28)26(35)30-18-14-10-6-2-4-8-12-16-24(32)33/h22-23H,2-21,28-29H2,1H3,(H,30,35)(H,31,36)(H,32,33). The highest BCUT2D eigenvalue weighted by Crippen LogP contribution is 2.22. The summed E-state index contributed by atoms with van der Waals surface area (Å²) in [5.74, 6) is -0.306. The maximum absolute atomic E-state index is 12.1.